The first-order valence-electron chi connectivity index (χ1n) is 3.46. The van der Waals surface area contributed by atoms with E-state index in [0.717, 1.165) is 12.8 Å². The lowest BCUT2D eigenvalue weighted by molar-refractivity contribution is 0.521. The standard InChI is InChI=1S/C6H10Cl3P/c7-5-3-1-2-4-6(5)10(8)9/h5-6H,1-4H2. The van der Waals surface area contributed by atoms with Gasteiger partial charge in [0.1, 0.15) is 0 Å². The highest BCUT2D eigenvalue weighted by Crippen LogP contribution is 2.57. The quantitative estimate of drug-likeness (QED) is 0.455. The van der Waals surface area contributed by atoms with E-state index in [1.807, 2.05) is 0 Å². The van der Waals surface area contributed by atoms with Crippen LogP contribution in [0.1, 0.15) is 25.7 Å². The van der Waals surface area contributed by atoms with E-state index in [4.69, 9.17) is 34.1 Å². The smallest absolute Gasteiger partial charge is 0.0900 e. The topological polar surface area (TPSA) is 0 Å². The molecule has 0 N–H and O–H groups in total. The molecule has 1 aliphatic carbocycles. The minimum atomic E-state index is -0.845. The molecule has 0 amide bonds. The fraction of sp³-hybridized carbons (Fsp3) is 1.00. The maximum absolute atomic E-state index is 6.02. The highest BCUT2D eigenvalue weighted by Gasteiger charge is 2.28. The third kappa shape index (κ3) is 2.41. The molecule has 1 saturated carbocycles. The van der Waals surface area contributed by atoms with Gasteiger partial charge in [-0.15, -0.1) is 11.6 Å². The summed E-state index contributed by atoms with van der Waals surface area (Å²) >= 11 is 17.6. The number of alkyl halides is 1. The van der Waals surface area contributed by atoms with Crippen LogP contribution in [0.5, 0.6) is 0 Å². The first-order chi connectivity index (χ1) is 4.72. The zero-order chi connectivity index (χ0) is 7.56. The Labute approximate surface area is 77.6 Å². The van der Waals surface area contributed by atoms with Gasteiger partial charge >= 0.3 is 0 Å². The predicted molar refractivity (Wildman–Crippen MR) is 50.5 cm³/mol. The van der Waals surface area contributed by atoms with Gasteiger partial charge < -0.3 is 0 Å². The number of rotatable bonds is 1. The van der Waals surface area contributed by atoms with Crippen LogP contribution >= 0.6 is 40.7 Å². The van der Waals surface area contributed by atoms with Crippen molar-refractivity contribution in [3.63, 3.8) is 0 Å². The van der Waals surface area contributed by atoms with Gasteiger partial charge in [-0.1, -0.05) is 35.3 Å². The molecule has 0 heterocycles. The largest absolute Gasteiger partial charge is 0.122 e. The Hall–Kier alpha value is 1.30. The van der Waals surface area contributed by atoms with Gasteiger partial charge in [0.15, 0.2) is 0 Å². The van der Waals surface area contributed by atoms with E-state index in [-0.39, 0.29) is 5.38 Å². The van der Waals surface area contributed by atoms with Crippen LogP contribution in [0.2, 0.25) is 0 Å². The molecule has 0 aromatic carbocycles. The molecular weight excluding hydrogens is 209 g/mol. The SMILES string of the molecule is ClC1CCCCC1P(Cl)Cl. The lowest BCUT2D eigenvalue weighted by atomic mass is 10.00. The van der Waals surface area contributed by atoms with E-state index >= 15 is 0 Å². The first kappa shape index (κ1) is 9.39. The van der Waals surface area contributed by atoms with Crippen LogP contribution in [-0.2, 0) is 0 Å². The Kier molecular flexibility index (Phi) is 4.09. The Morgan fingerprint density at radius 2 is 1.70 bits per heavy atom. The van der Waals surface area contributed by atoms with Gasteiger partial charge in [-0.25, -0.2) is 0 Å². The van der Waals surface area contributed by atoms with Crippen molar-refractivity contribution >= 4 is 40.7 Å². The number of hydrogen-bond acceptors (Lipinski definition) is 0. The Balaban J connectivity index is 2.40. The highest BCUT2D eigenvalue weighted by molar-refractivity contribution is 8.04. The summed E-state index contributed by atoms with van der Waals surface area (Å²) < 4.78 is 0. The number of halogens is 3. The van der Waals surface area contributed by atoms with Gasteiger partial charge in [0, 0.05) is 11.0 Å². The molecule has 0 aromatic heterocycles. The Bertz CT molecular complexity index is 107. The molecule has 0 radical (unpaired) electrons. The molecule has 0 saturated heterocycles. The zero-order valence-electron chi connectivity index (χ0n) is 5.56. The normalized spacial score (nSPS) is 34.8. The molecule has 2 unspecified atom stereocenters. The van der Waals surface area contributed by atoms with Crippen molar-refractivity contribution in [3.05, 3.63) is 0 Å². The van der Waals surface area contributed by atoms with Crippen LogP contribution in [0.25, 0.3) is 0 Å². The molecule has 0 aliphatic heterocycles. The van der Waals surface area contributed by atoms with Crippen molar-refractivity contribution < 1.29 is 0 Å². The van der Waals surface area contributed by atoms with Crippen molar-refractivity contribution in [2.75, 3.05) is 0 Å². The molecule has 10 heavy (non-hydrogen) atoms. The van der Waals surface area contributed by atoms with Crippen molar-refractivity contribution in [2.24, 2.45) is 0 Å². The summed E-state index contributed by atoms with van der Waals surface area (Å²) in [6.07, 6.45) is 4.69. The second-order valence-electron chi connectivity index (χ2n) is 2.63. The van der Waals surface area contributed by atoms with Crippen molar-refractivity contribution in [2.45, 2.75) is 36.7 Å². The summed E-state index contributed by atoms with van der Waals surface area (Å²) in [7, 11) is 0. The monoisotopic (exact) mass is 218 g/mol. The van der Waals surface area contributed by atoms with Crippen LogP contribution < -0.4 is 0 Å². The van der Waals surface area contributed by atoms with E-state index in [9.17, 15) is 0 Å². The van der Waals surface area contributed by atoms with E-state index < -0.39 is 6.63 Å². The third-order valence-electron chi connectivity index (χ3n) is 1.90. The second-order valence-corrected chi connectivity index (χ2v) is 7.07. The molecule has 1 rings (SSSR count). The van der Waals surface area contributed by atoms with Crippen LogP contribution in [0.15, 0.2) is 0 Å². The maximum atomic E-state index is 6.02. The minimum absolute atomic E-state index is 0.231. The van der Waals surface area contributed by atoms with Crippen LogP contribution in [0.4, 0.5) is 0 Å². The molecule has 4 heteroatoms. The molecule has 60 valence electrons. The summed E-state index contributed by atoms with van der Waals surface area (Å²) in [6, 6.07) is 0. The molecule has 0 spiro atoms. The van der Waals surface area contributed by atoms with Gasteiger partial charge in [-0.2, -0.15) is 0 Å². The van der Waals surface area contributed by atoms with Crippen molar-refractivity contribution in [1.82, 2.24) is 0 Å². The van der Waals surface area contributed by atoms with Crippen LogP contribution in [-0.4, -0.2) is 11.0 Å². The fourth-order valence-electron chi connectivity index (χ4n) is 1.29. The molecular formula is C6H10Cl3P. The fourth-order valence-corrected chi connectivity index (χ4v) is 4.42. The summed E-state index contributed by atoms with van der Waals surface area (Å²) in [5.74, 6) is 0. The predicted octanol–water partition coefficient (Wildman–Crippen LogP) is 4.33. The lowest BCUT2D eigenvalue weighted by Crippen LogP contribution is -2.21. The molecule has 0 bridgehead atoms. The molecule has 1 fully saturated rings. The highest BCUT2D eigenvalue weighted by atomic mass is 35.9. The summed E-state index contributed by atoms with van der Waals surface area (Å²) in [6.45, 7) is -0.845. The van der Waals surface area contributed by atoms with Gasteiger partial charge in [0.25, 0.3) is 0 Å². The average molecular weight is 219 g/mol. The van der Waals surface area contributed by atoms with E-state index in [0.29, 0.717) is 5.66 Å². The zero-order valence-corrected chi connectivity index (χ0v) is 8.73. The van der Waals surface area contributed by atoms with Gasteiger partial charge in [0.05, 0.1) is 6.63 Å². The summed E-state index contributed by atoms with van der Waals surface area (Å²) in [4.78, 5) is 0. The third-order valence-corrected chi connectivity index (χ3v) is 5.22. The van der Waals surface area contributed by atoms with E-state index in [1.54, 1.807) is 0 Å². The molecule has 1 aliphatic rings. The summed E-state index contributed by atoms with van der Waals surface area (Å²) in [5.41, 5.74) is 0.383. The minimum Gasteiger partial charge on any atom is -0.122 e. The summed E-state index contributed by atoms with van der Waals surface area (Å²) in [5, 5.41) is 0.231. The molecule has 2 atom stereocenters. The van der Waals surface area contributed by atoms with Crippen LogP contribution in [0, 0.1) is 0 Å². The van der Waals surface area contributed by atoms with E-state index in [1.165, 1.54) is 12.8 Å². The second kappa shape index (κ2) is 4.36. The first-order valence-corrected chi connectivity index (χ1v) is 7.12. The van der Waals surface area contributed by atoms with Crippen molar-refractivity contribution in [1.29, 1.82) is 0 Å². The molecule has 0 aromatic rings. The van der Waals surface area contributed by atoms with Crippen LogP contribution in [0.3, 0.4) is 0 Å². The van der Waals surface area contributed by atoms with Crippen molar-refractivity contribution in [3.8, 4) is 0 Å². The number of hydrogen-bond donors (Lipinski definition) is 0. The maximum Gasteiger partial charge on any atom is 0.0900 e. The van der Waals surface area contributed by atoms with Gasteiger partial charge in [-0.3, -0.25) is 0 Å². The average Bonchev–Trinajstić information content (AvgIpc) is 1.88. The molecule has 0 nitrogen and oxygen atoms in total. The lowest BCUT2D eigenvalue weighted by Gasteiger charge is -2.27. The van der Waals surface area contributed by atoms with Gasteiger partial charge in [0.2, 0.25) is 0 Å². The van der Waals surface area contributed by atoms with Gasteiger partial charge in [-0.05, 0) is 12.8 Å². The Morgan fingerprint density at radius 1 is 1.10 bits per heavy atom. The van der Waals surface area contributed by atoms with E-state index in [2.05, 4.69) is 0 Å². The Morgan fingerprint density at radius 3 is 2.10 bits per heavy atom.